The molecule has 1 aliphatic heterocycles. The van der Waals surface area contributed by atoms with Gasteiger partial charge in [0, 0.05) is 43.3 Å². The number of carbonyl (C=O) groups is 1. The molecule has 0 aromatic carbocycles. The number of rotatable bonds is 6. The normalized spacial score (nSPS) is 20.5. The van der Waals surface area contributed by atoms with E-state index in [2.05, 4.69) is 15.2 Å². The second-order valence-corrected chi connectivity index (χ2v) is 9.85. The van der Waals surface area contributed by atoms with E-state index >= 15 is 0 Å². The molecule has 0 unspecified atom stereocenters. The zero-order valence-corrected chi connectivity index (χ0v) is 18.3. The van der Waals surface area contributed by atoms with E-state index in [-0.39, 0.29) is 23.3 Å². The molecule has 5 rings (SSSR count). The van der Waals surface area contributed by atoms with E-state index in [4.69, 9.17) is 4.98 Å². The van der Waals surface area contributed by atoms with Gasteiger partial charge in [0.25, 0.3) is 11.5 Å². The molecule has 1 saturated heterocycles. The van der Waals surface area contributed by atoms with E-state index in [0.717, 1.165) is 50.5 Å². The first-order chi connectivity index (χ1) is 14.9. The van der Waals surface area contributed by atoms with Crippen molar-refractivity contribution in [3.63, 3.8) is 0 Å². The lowest BCUT2D eigenvalue weighted by molar-refractivity contribution is 0.0910. The highest BCUT2D eigenvalue weighted by atomic mass is 16.2. The summed E-state index contributed by atoms with van der Waals surface area (Å²) < 4.78 is 1.51. The molecule has 0 atom stereocenters. The van der Waals surface area contributed by atoms with Crippen LogP contribution in [0.4, 0.5) is 0 Å². The summed E-state index contributed by atoms with van der Waals surface area (Å²) in [5.74, 6) is 0.270. The minimum atomic E-state index is -0.538. The van der Waals surface area contributed by atoms with Crippen molar-refractivity contribution in [2.45, 2.75) is 76.9 Å². The van der Waals surface area contributed by atoms with Crippen molar-refractivity contribution in [1.82, 2.24) is 24.8 Å². The van der Waals surface area contributed by atoms with Crippen molar-refractivity contribution in [2.24, 2.45) is 5.92 Å². The average Bonchev–Trinajstić information content (AvgIpc) is 3.63. The standard InChI is InChI=1S/C23H31N5O3/c1-13(2)12-28-20-19(22(30)26-23(28)31)17(11-18(25-20)14-3-4-14)21(29)24-15-7-9-27(10-8-15)16-5-6-16/h11,13-16H,3-10,12H2,1-2H3,(H,24,29)(H,26,30,31). The number of H-pyrrole nitrogens is 1. The highest BCUT2D eigenvalue weighted by molar-refractivity contribution is 6.05. The molecule has 3 heterocycles. The lowest BCUT2D eigenvalue weighted by Crippen LogP contribution is -2.45. The van der Waals surface area contributed by atoms with Gasteiger partial charge in [-0.3, -0.25) is 19.1 Å². The van der Waals surface area contributed by atoms with Crippen LogP contribution in [0.2, 0.25) is 0 Å². The van der Waals surface area contributed by atoms with Crippen LogP contribution in [0.1, 0.15) is 74.3 Å². The van der Waals surface area contributed by atoms with Crippen LogP contribution >= 0.6 is 0 Å². The predicted octanol–water partition coefficient (Wildman–Crippen LogP) is 1.97. The number of nitrogens with zero attached hydrogens (tertiary/aromatic N) is 3. The molecule has 0 bridgehead atoms. The summed E-state index contributed by atoms with van der Waals surface area (Å²) in [6, 6.07) is 2.63. The SMILES string of the molecule is CC(C)Cn1c(=O)[nH]c(=O)c2c(C(=O)NC3CCN(C4CC4)CC3)cc(C3CC3)nc21. The lowest BCUT2D eigenvalue weighted by Gasteiger charge is -2.32. The summed E-state index contributed by atoms with van der Waals surface area (Å²) in [6.07, 6.45) is 6.49. The molecule has 31 heavy (non-hydrogen) atoms. The van der Waals surface area contributed by atoms with E-state index in [1.165, 1.54) is 17.4 Å². The van der Waals surface area contributed by atoms with Gasteiger partial charge in [0.15, 0.2) is 5.65 Å². The van der Waals surface area contributed by atoms with Crippen molar-refractivity contribution in [2.75, 3.05) is 13.1 Å². The summed E-state index contributed by atoms with van der Waals surface area (Å²) in [7, 11) is 0. The largest absolute Gasteiger partial charge is 0.349 e. The Kier molecular flexibility index (Phi) is 5.20. The van der Waals surface area contributed by atoms with Gasteiger partial charge >= 0.3 is 5.69 Å². The maximum Gasteiger partial charge on any atom is 0.330 e. The Labute approximate surface area is 181 Å². The molecule has 1 amide bonds. The zero-order valence-electron chi connectivity index (χ0n) is 18.3. The van der Waals surface area contributed by atoms with E-state index in [1.807, 2.05) is 13.8 Å². The Balaban J connectivity index is 1.50. The van der Waals surface area contributed by atoms with Gasteiger partial charge in [-0.05, 0) is 50.5 Å². The fourth-order valence-electron chi connectivity index (χ4n) is 4.71. The second-order valence-electron chi connectivity index (χ2n) is 9.85. The first kappa shape index (κ1) is 20.4. The predicted molar refractivity (Wildman–Crippen MR) is 119 cm³/mol. The van der Waals surface area contributed by atoms with Crippen LogP contribution in [0.25, 0.3) is 11.0 Å². The summed E-state index contributed by atoms with van der Waals surface area (Å²) in [6.45, 7) is 6.47. The number of amides is 1. The van der Waals surface area contributed by atoms with Gasteiger partial charge in [0.2, 0.25) is 0 Å². The van der Waals surface area contributed by atoms with Crippen LogP contribution in [0.3, 0.4) is 0 Å². The van der Waals surface area contributed by atoms with Gasteiger partial charge in [-0.15, -0.1) is 0 Å². The molecule has 0 radical (unpaired) electrons. The van der Waals surface area contributed by atoms with Gasteiger partial charge < -0.3 is 10.2 Å². The zero-order chi connectivity index (χ0) is 21.7. The van der Waals surface area contributed by atoms with Crippen molar-refractivity contribution in [1.29, 1.82) is 0 Å². The Morgan fingerprint density at radius 2 is 1.87 bits per heavy atom. The number of aromatic nitrogens is 3. The number of carbonyl (C=O) groups excluding carboxylic acids is 1. The Morgan fingerprint density at radius 3 is 2.48 bits per heavy atom. The molecule has 2 aromatic rings. The molecule has 166 valence electrons. The number of hydrogen-bond acceptors (Lipinski definition) is 5. The van der Waals surface area contributed by atoms with Crippen LogP contribution in [0, 0.1) is 5.92 Å². The third-order valence-corrected chi connectivity index (χ3v) is 6.68. The van der Waals surface area contributed by atoms with Crippen LogP contribution in [0.5, 0.6) is 0 Å². The van der Waals surface area contributed by atoms with E-state index < -0.39 is 11.2 Å². The molecule has 3 aliphatic rings. The van der Waals surface area contributed by atoms with Crippen LogP contribution in [0.15, 0.2) is 15.7 Å². The Morgan fingerprint density at radius 1 is 1.16 bits per heavy atom. The molecule has 0 spiro atoms. The van der Waals surface area contributed by atoms with Crippen molar-refractivity contribution in [3.8, 4) is 0 Å². The maximum absolute atomic E-state index is 13.3. The highest BCUT2D eigenvalue weighted by Crippen LogP contribution is 2.40. The van der Waals surface area contributed by atoms with Gasteiger partial charge in [-0.2, -0.15) is 0 Å². The minimum Gasteiger partial charge on any atom is -0.349 e. The van der Waals surface area contributed by atoms with Crippen molar-refractivity contribution < 1.29 is 4.79 Å². The van der Waals surface area contributed by atoms with Crippen LogP contribution in [-0.2, 0) is 6.54 Å². The topological polar surface area (TPSA) is 100 Å². The summed E-state index contributed by atoms with van der Waals surface area (Å²) >= 11 is 0. The first-order valence-electron chi connectivity index (χ1n) is 11.6. The van der Waals surface area contributed by atoms with Crippen LogP contribution < -0.4 is 16.6 Å². The molecule has 2 N–H and O–H groups in total. The smallest absolute Gasteiger partial charge is 0.330 e. The Hall–Kier alpha value is -2.48. The summed E-state index contributed by atoms with van der Waals surface area (Å²) in [5, 5.41) is 3.38. The molecule has 2 aliphatic carbocycles. The van der Waals surface area contributed by atoms with E-state index in [0.29, 0.717) is 23.7 Å². The van der Waals surface area contributed by atoms with Crippen molar-refractivity contribution >= 4 is 16.9 Å². The fourth-order valence-corrected chi connectivity index (χ4v) is 4.71. The number of pyridine rings is 1. The number of piperidine rings is 1. The summed E-state index contributed by atoms with van der Waals surface area (Å²) in [4.78, 5) is 48.3. The van der Waals surface area contributed by atoms with E-state index in [9.17, 15) is 14.4 Å². The number of fused-ring (bicyclic) bond motifs is 1. The first-order valence-corrected chi connectivity index (χ1v) is 11.6. The third kappa shape index (κ3) is 4.18. The molecular formula is C23H31N5O3. The van der Waals surface area contributed by atoms with Crippen LogP contribution in [-0.4, -0.2) is 50.5 Å². The van der Waals surface area contributed by atoms with Gasteiger partial charge in [0.1, 0.15) is 0 Å². The number of likely N-dealkylation sites (tertiary alicyclic amines) is 1. The molecular weight excluding hydrogens is 394 g/mol. The molecule has 2 saturated carbocycles. The molecule has 8 nitrogen and oxygen atoms in total. The number of hydrogen-bond donors (Lipinski definition) is 2. The van der Waals surface area contributed by atoms with E-state index in [1.54, 1.807) is 6.07 Å². The second kappa shape index (κ2) is 7.89. The average molecular weight is 426 g/mol. The van der Waals surface area contributed by atoms with Crippen molar-refractivity contribution in [3.05, 3.63) is 38.2 Å². The molecule has 8 heteroatoms. The van der Waals surface area contributed by atoms with Gasteiger partial charge in [0.05, 0.1) is 10.9 Å². The monoisotopic (exact) mass is 425 g/mol. The van der Waals surface area contributed by atoms with Gasteiger partial charge in [-0.25, -0.2) is 9.78 Å². The maximum atomic E-state index is 13.3. The third-order valence-electron chi connectivity index (χ3n) is 6.68. The fraction of sp³-hybridized carbons (Fsp3) is 0.652. The quantitative estimate of drug-likeness (QED) is 0.737. The molecule has 3 fully saturated rings. The number of aromatic amines is 1. The lowest BCUT2D eigenvalue weighted by atomic mass is 10.0. The number of nitrogens with one attached hydrogen (secondary N) is 2. The molecule has 2 aromatic heterocycles. The Bertz CT molecular complexity index is 1120. The van der Waals surface area contributed by atoms with Gasteiger partial charge in [-0.1, -0.05) is 13.8 Å². The summed E-state index contributed by atoms with van der Waals surface area (Å²) in [5.41, 5.74) is 0.480. The minimum absolute atomic E-state index is 0.107. The highest BCUT2D eigenvalue weighted by Gasteiger charge is 2.33.